The molecule has 1 heterocycles. The molecule has 19 heavy (non-hydrogen) atoms. The lowest BCUT2D eigenvalue weighted by Crippen LogP contribution is -2.38. The number of likely N-dealkylation sites (tertiary alicyclic amines) is 1. The van der Waals surface area contributed by atoms with Crippen molar-refractivity contribution < 1.29 is 9.18 Å². The summed E-state index contributed by atoms with van der Waals surface area (Å²) in [4.78, 5) is 14.5. The first-order valence-corrected chi connectivity index (χ1v) is 6.92. The maximum atomic E-state index is 13.9. The number of hydrogen-bond donors (Lipinski definition) is 1. The number of hydrogen-bond acceptors (Lipinski definition) is 2. The Bertz CT molecular complexity index is 499. The SMILES string of the molecule is NC[C@H]1CCN(C(=O)C2(c3ccccc3F)CC2)C1. The highest BCUT2D eigenvalue weighted by Gasteiger charge is 2.54. The molecule has 0 spiro atoms. The zero-order valence-electron chi connectivity index (χ0n) is 10.9. The second-order valence-electron chi connectivity index (χ2n) is 5.70. The predicted molar refractivity (Wildman–Crippen MR) is 71.1 cm³/mol. The van der Waals surface area contributed by atoms with E-state index < -0.39 is 5.41 Å². The minimum Gasteiger partial charge on any atom is -0.342 e. The average molecular weight is 262 g/mol. The largest absolute Gasteiger partial charge is 0.342 e. The quantitative estimate of drug-likeness (QED) is 0.900. The first-order valence-electron chi connectivity index (χ1n) is 6.92. The van der Waals surface area contributed by atoms with Gasteiger partial charge in [-0.2, -0.15) is 0 Å². The van der Waals surface area contributed by atoms with Gasteiger partial charge in [-0.25, -0.2) is 4.39 Å². The lowest BCUT2D eigenvalue weighted by molar-refractivity contribution is -0.133. The van der Waals surface area contributed by atoms with Crippen LogP contribution in [0.15, 0.2) is 24.3 Å². The summed E-state index contributed by atoms with van der Waals surface area (Å²) in [6, 6.07) is 6.66. The van der Waals surface area contributed by atoms with E-state index in [1.165, 1.54) is 6.07 Å². The number of nitrogens with two attached hydrogens (primary N) is 1. The molecule has 1 atom stereocenters. The molecule has 2 N–H and O–H groups in total. The van der Waals surface area contributed by atoms with Gasteiger partial charge in [0.1, 0.15) is 5.82 Å². The minimum atomic E-state index is -0.588. The van der Waals surface area contributed by atoms with E-state index in [1.54, 1.807) is 18.2 Å². The minimum absolute atomic E-state index is 0.0913. The van der Waals surface area contributed by atoms with Gasteiger partial charge in [0, 0.05) is 18.7 Å². The van der Waals surface area contributed by atoms with E-state index >= 15 is 0 Å². The topological polar surface area (TPSA) is 46.3 Å². The molecule has 3 rings (SSSR count). The smallest absolute Gasteiger partial charge is 0.233 e. The number of rotatable bonds is 3. The summed E-state index contributed by atoms with van der Waals surface area (Å²) < 4.78 is 13.9. The van der Waals surface area contributed by atoms with Crippen molar-refractivity contribution in [2.24, 2.45) is 11.7 Å². The van der Waals surface area contributed by atoms with Gasteiger partial charge in [0.25, 0.3) is 0 Å². The maximum absolute atomic E-state index is 13.9. The van der Waals surface area contributed by atoms with E-state index in [2.05, 4.69) is 0 Å². The Hall–Kier alpha value is -1.42. The van der Waals surface area contributed by atoms with Crippen molar-refractivity contribution in [1.82, 2.24) is 4.90 Å². The fourth-order valence-corrected chi connectivity index (χ4v) is 3.08. The van der Waals surface area contributed by atoms with Crippen LogP contribution in [0.2, 0.25) is 0 Å². The number of benzene rings is 1. The molecule has 1 amide bonds. The van der Waals surface area contributed by atoms with Crippen molar-refractivity contribution in [1.29, 1.82) is 0 Å². The molecule has 1 aliphatic heterocycles. The highest BCUT2D eigenvalue weighted by Crippen LogP contribution is 2.50. The van der Waals surface area contributed by atoms with Crippen LogP contribution in [0.5, 0.6) is 0 Å². The number of amides is 1. The first kappa shape index (κ1) is 12.6. The maximum Gasteiger partial charge on any atom is 0.233 e. The summed E-state index contributed by atoms with van der Waals surface area (Å²) in [6.07, 6.45) is 2.49. The first-order chi connectivity index (χ1) is 9.17. The van der Waals surface area contributed by atoms with Gasteiger partial charge in [-0.05, 0) is 37.8 Å². The molecule has 1 aromatic carbocycles. The molecule has 3 nitrogen and oxygen atoms in total. The van der Waals surface area contributed by atoms with Crippen LogP contribution in [0, 0.1) is 11.7 Å². The molecule has 1 aliphatic carbocycles. The molecule has 1 saturated heterocycles. The Balaban J connectivity index is 1.82. The normalized spacial score (nSPS) is 24.5. The van der Waals surface area contributed by atoms with Gasteiger partial charge < -0.3 is 10.6 Å². The summed E-state index contributed by atoms with van der Waals surface area (Å²) in [7, 11) is 0. The van der Waals surface area contributed by atoms with Gasteiger partial charge in [-0.15, -0.1) is 0 Å². The monoisotopic (exact) mass is 262 g/mol. The van der Waals surface area contributed by atoms with Crippen molar-refractivity contribution in [2.45, 2.75) is 24.7 Å². The Morgan fingerprint density at radius 3 is 2.74 bits per heavy atom. The van der Waals surface area contributed by atoms with Gasteiger partial charge in [-0.3, -0.25) is 4.79 Å². The molecule has 2 aliphatic rings. The van der Waals surface area contributed by atoms with Crippen LogP contribution in [0.4, 0.5) is 4.39 Å². The molecule has 0 aromatic heterocycles. The number of carbonyl (C=O) groups is 1. The second-order valence-corrected chi connectivity index (χ2v) is 5.70. The van der Waals surface area contributed by atoms with Crippen molar-refractivity contribution in [3.8, 4) is 0 Å². The third-order valence-electron chi connectivity index (χ3n) is 4.46. The van der Waals surface area contributed by atoms with E-state index in [0.29, 0.717) is 18.0 Å². The zero-order chi connectivity index (χ0) is 13.5. The number of nitrogens with zero attached hydrogens (tertiary/aromatic N) is 1. The van der Waals surface area contributed by atoms with Crippen LogP contribution in [0.3, 0.4) is 0 Å². The molecular weight excluding hydrogens is 243 g/mol. The summed E-state index contributed by atoms with van der Waals surface area (Å²) in [5, 5.41) is 0. The standard InChI is InChI=1S/C15H19FN2O/c16-13-4-2-1-3-12(13)15(6-7-15)14(19)18-8-5-11(9-17)10-18/h1-4,11H,5-10,17H2/t11-/m1/s1. The van der Waals surface area contributed by atoms with Crippen LogP contribution in [0.1, 0.15) is 24.8 Å². The molecular formula is C15H19FN2O. The molecule has 102 valence electrons. The highest BCUT2D eigenvalue weighted by atomic mass is 19.1. The van der Waals surface area contributed by atoms with Crippen LogP contribution < -0.4 is 5.73 Å². The highest BCUT2D eigenvalue weighted by molar-refractivity contribution is 5.91. The summed E-state index contributed by atoms with van der Waals surface area (Å²) in [6.45, 7) is 2.11. The van der Waals surface area contributed by atoms with Crippen molar-refractivity contribution in [3.05, 3.63) is 35.6 Å². The van der Waals surface area contributed by atoms with Gasteiger partial charge in [0.15, 0.2) is 0 Å². The average Bonchev–Trinajstić information content (AvgIpc) is 3.09. The van der Waals surface area contributed by atoms with Crippen molar-refractivity contribution in [3.63, 3.8) is 0 Å². The Morgan fingerprint density at radius 2 is 2.16 bits per heavy atom. The zero-order valence-corrected chi connectivity index (χ0v) is 10.9. The summed E-state index contributed by atoms with van der Waals surface area (Å²) in [5.74, 6) is 0.233. The molecule has 0 radical (unpaired) electrons. The summed E-state index contributed by atoms with van der Waals surface area (Å²) in [5.41, 5.74) is 5.64. The van der Waals surface area contributed by atoms with Gasteiger partial charge in [0.2, 0.25) is 5.91 Å². The van der Waals surface area contributed by atoms with E-state index in [0.717, 1.165) is 32.4 Å². The van der Waals surface area contributed by atoms with Crippen molar-refractivity contribution in [2.75, 3.05) is 19.6 Å². The molecule has 1 aromatic rings. The van der Waals surface area contributed by atoms with E-state index in [4.69, 9.17) is 5.73 Å². The predicted octanol–water partition coefficient (Wildman–Crippen LogP) is 1.66. The molecule has 2 fully saturated rings. The number of halogens is 1. The van der Waals surface area contributed by atoms with E-state index in [9.17, 15) is 9.18 Å². The second kappa shape index (κ2) is 4.60. The van der Waals surface area contributed by atoms with Crippen LogP contribution in [0.25, 0.3) is 0 Å². The lowest BCUT2D eigenvalue weighted by atomic mass is 9.94. The number of carbonyl (C=O) groups excluding carboxylic acids is 1. The van der Waals surface area contributed by atoms with E-state index in [-0.39, 0.29) is 11.7 Å². The van der Waals surface area contributed by atoms with E-state index in [1.807, 2.05) is 4.90 Å². The fourth-order valence-electron chi connectivity index (χ4n) is 3.08. The molecule has 0 unspecified atom stereocenters. The Labute approximate surface area is 112 Å². The van der Waals surface area contributed by atoms with Crippen LogP contribution >= 0.6 is 0 Å². The van der Waals surface area contributed by atoms with Gasteiger partial charge in [-0.1, -0.05) is 18.2 Å². The molecule has 1 saturated carbocycles. The lowest BCUT2D eigenvalue weighted by Gasteiger charge is -2.24. The Kier molecular flexibility index (Phi) is 3.05. The fraction of sp³-hybridized carbons (Fsp3) is 0.533. The third-order valence-corrected chi connectivity index (χ3v) is 4.46. The van der Waals surface area contributed by atoms with Crippen LogP contribution in [-0.2, 0) is 10.2 Å². The third kappa shape index (κ3) is 2.04. The summed E-state index contributed by atoms with van der Waals surface area (Å²) >= 11 is 0. The van der Waals surface area contributed by atoms with Crippen molar-refractivity contribution >= 4 is 5.91 Å². The Morgan fingerprint density at radius 1 is 1.42 bits per heavy atom. The molecule has 4 heteroatoms. The van der Waals surface area contributed by atoms with Gasteiger partial charge in [0.05, 0.1) is 5.41 Å². The van der Waals surface area contributed by atoms with Gasteiger partial charge >= 0.3 is 0 Å². The molecule has 0 bridgehead atoms. The van der Waals surface area contributed by atoms with Crippen LogP contribution in [-0.4, -0.2) is 30.4 Å².